The first kappa shape index (κ1) is 14.8. The molecule has 1 amide bonds. The van der Waals surface area contributed by atoms with Crippen molar-refractivity contribution >= 4 is 5.91 Å². The fourth-order valence-electron chi connectivity index (χ4n) is 2.59. The van der Waals surface area contributed by atoms with E-state index in [1.54, 1.807) is 0 Å². The Labute approximate surface area is 130 Å². The fourth-order valence-corrected chi connectivity index (χ4v) is 2.59. The Morgan fingerprint density at radius 3 is 2.68 bits per heavy atom. The minimum atomic E-state index is -0.0594. The summed E-state index contributed by atoms with van der Waals surface area (Å²) in [6.07, 6.45) is 4.03. The largest absolute Gasteiger partial charge is 0.374 e. The minimum absolute atomic E-state index is 0.0594. The van der Waals surface area contributed by atoms with Crippen LogP contribution in [0.4, 0.5) is 0 Å². The van der Waals surface area contributed by atoms with Gasteiger partial charge in [-0.15, -0.1) is 0 Å². The van der Waals surface area contributed by atoms with Gasteiger partial charge in [0.1, 0.15) is 0 Å². The van der Waals surface area contributed by atoms with Gasteiger partial charge in [-0.2, -0.15) is 0 Å². The molecule has 1 aliphatic heterocycles. The molecule has 5 heteroatoms. The second-order valence-corrected chi connectivity index (χ2v) is 5.60. The predicted octanol–water partition coefficient (Wildman–Crippen LogP) is 1.54. The first-order chi connectivity index (χ1) is 10.7. The summed E-state index contributed by atoms with van der Waals surface area (Å²) in [7, 11) is 2.07. The average Bonchev–Trinajstić information content (AvgIpc) is 3.07. The van der Waals surface area contributed by atoms with E-state index >= 15 is 0 Å². The zero-order chi connectivity index (χ0) is 15.4. The topological polar surface area (TPSA) is 46.5 Å². The molecule has 2 heterocycles. The summed E-state index contributed by atoms with van der Waals surface area (Å²) in [5, 5.41) is 2.95. The van der Waals surface area contributed by atoms with Crippen molar-refractivity contribution in [1.29, 1.82) is 0 Å². The smallest absolute Gasteiger partial charge is 0.251 e. The zero-order valence-electron chi connectivity index (χ0n) is 12.7. The molecule has 3 rings (SSSR count). The number of ether oxygens (including phenoxy) is 1. The van der Waals surface area contributed by atoms with Gasteiger partial charge in [0.2, 0.25) is 0 Å². The van der Waals surface area contributed by atoms with Gasteiger partial charge in [0, 0.05) is 43.3 Å². The summed E-state index contributed by atoms with van der Waals surface area (Å²) in [6, 6.07) is 11.5. The number of hydrogen-bond acceptors (Lipinski definition) is 3. The van der Waals surface area contributed by atoms with Gasteiger partial charge in [-0.1, -0.05) is 0 Å². The molecule has 1 fully saturated rings. The van der Waals surface area contributed by atoms with E-state index in [0.717, 1.165) is 25.4 Å². The number of benzene rings is 1. The van der Waals surface area contributed by atoms with E-state index in [4.69, 9.17) is 4.74 Å². The number of likely N-dealkylation sites (N-methyl/N-ethyl adjacent to an activating group) is 1. The van der Waals surface area contributed by atoms with Gasteiger partial charge >= 0.3 is 0 Å². The Bertz CT molecular complexity index is 607. The van der Waals surface area contributed by atoms with Gasteiger partial charge < -0.3 is 19.5 Å². The van der Waals surface area contributed by atoms with Crippen molar-refractivity contribution in [3.8, 4) is 5.69 Å². The number of rotatable bonds is 4. The molecule has 116 valence electrons. The van der Waals surface area contributed by atoms with Gasteiger partial charge in [0.05, 0.1) is 12.7 Å². The van der Waals surface area contributed by atoms with Crippen molar-refractivity contribution in [2.24, 2.45) is 0 Å². The molecule has 1 aliphatic rings. The van der Waals surface area contributed by atoms with E-state index in [9.17, 15) is 4.79 Å². The summed E-state index contributed by atoms with van der Waals surface area (Å²) >= 11 is 0. The van der Waals surface area contributed by atoms with Crippen LogP contribution in [0, 0.1) is 0 Å². The molecule has 1 saturated heterocycles. The first-order valence-corrected chi connectivity index (χ1v) is 7.54. The summed E-state index contributed by atoms with van der Waals surface area (Å²) in [4.78, 5) is 14.4. The third-order valence-electron chi connectivity index (χ3n) is 3.86. The lowest BCUT2D eigenvalue weighted by Crippen LogP contribution is -2.45. The van der Waals surface area contributed by atoms with Crippen LogP contribution in [0.1, 0.15) is 10.4 Å². The number of amides is 1. The van der Waals surface area contributed by atoms with E-state index < -0.39 is 0 Å². The van der Waals surface area contributed by atoms with Crippen molar-refractivity contribution in [2.45, 2.75) is 6.10 Å². The first-order valence-electron chi connectivity index (χ1n) is 7.54. The van der Waals surface area contributed by atoms with E-state index in [1.807, 2.05) is 53.4 Å². The Hall–Kier alpha value is -2.11. The molecule has 0 bridgehead atoms. The predicted molar refractivity (Wildman–Crippen MR) is 85.3 cm³/mol. The average molecular weight is 299 g/mol. The number of aromatic nitrogens is 1. The quantitative estimate of drug-likeness (QED) is 0.931. The maximum Gasteiger partial charge on any atom is 0.251 e. The number of nitrogens with zero attached hydrogens (tertiary/aromatic N) is 2. The van der Waals surface area contributed by atoms with E-state index in [-0.39, 0.29) is 12.0 Å². The number of hydrogen-bond donors (Lipinski definition) is 1. The second-order valence-electron chi connectivity index (χ2n) is 5.60. The van der Waals surface area contributed by atoms with Crippen molar-refractivity contribution in [3.05, 3.63) is 54.4 Å². The molecule has 0 aliphatic carbocycles. The monoisotopic (exact) mass is 299 g/mol. The minimum Gasteiger partial charge on any atom is -0.374 e. The molecular weight excluding hydrogens is 278 g/mol. The van der Waals surface area contributed by atoms with Crippen molar-refractivity contribution in [1.82, 2.24) is 14.8 Å². The molecule has 1 aromatic heterocycles. The third-order valence-corrected chi connectivity index (χ3v) is 3.86. The fraction of sp³-hybridized carbons (Fsp3) is 0.353. The summed E-state index contributed by atoms with van der Waals surface area (Å²) in [5.41, 5.74) is 1.71. The molecule has 22 heavy (non-hydrogen) atoms. The van der Waals surface area contributed by atoms with Crippen LogP contribution in [0.25, 0.3) is 5.69 Å². The molecule has 1 atom stereocenters. The number of carbonyl (C=O) groups excluding carboxylic acids is 1. The summed E-state index contributed by atoms with van der Waals surface area (Å²) < 4.78 is 7.65. The summed E-state index contributed by atoms with van der Waals surface area (Å²) in [6.45, 7) is 3.07. The summed E-state index contributed by atoms with van der Waals surface area (Å²) in [5.74, 6) is -0.0594. The molecule has 1 aromatic carbocycles. The highest BCUT2D eigenvalue weighted by atomic mass is 16.5. The van der Waals surface area contributed by atoms with Gasteiger partial charge in [-0.05, 0) is 43.4 Å². The molecule has 0 saturated carbocycles. The van der Waals surface area contributed by atoms with Crippen LogP contribution < -0.4 is 5.32 Å². The second kappa shape index (κ2) is 6.77. The van der Waals surface area contributed by atoms with Crippen LogP contribution >= 0.6 is 0 Å². The number of morpholine rings is 1. The lowest BCUT2D eigenvalue weighted by molar-refractivity contribution is -0.0175. The maximum atomic E-state index is 12.2. The van der Waals surface area contributed by atoms with Crippen LogP contribution in [-0.2, 0) is 4.74 Å². The van der Waals surface area contributed by atoms with E-state index in [2.05, 4.69) is 17.3 Å². The molecule has 1 unspecified atom stereocenters. The van der Waals surface area contributed by atoms with Crippen molar-refractivity contribution in [3.63, 3.8) is 0 Å². The molecule has 1 N–H and O–H groups in total. The van der Waals surface area contributed by atoms with Gasteiger partial charge in [0.15, 0.2) is 0 Å². The molecular formula is C17H21N3O2. The molecule has 5 nitrogen and oxygen atoms in total. The van der Waals surface area contributed by atoms with Crippen LogP contribution in [0.2, 0.25) is 0 Å². The lowest BCUT2D eigenvalue weighted by atomic mass is 10.2. The maximum absolute atomic E-state index is 12.2. The standard InChI is InChI=1S/C17H21N3O2/c1-19-10-11-22-16(13-19)12-18-17(21)14-4-6-15(7-5-14)20-8-2-3-9-20/h2-9,16H,10-13H2,1H3,(H,18,21). The van der Waals surface area contributed by atoms with Crippen LogP contribution in [0.15, 0.2) is 48.8 Å². The number of carbonyl (C=O) groups is 1. The van der Waals surface area contributed by atoms with Crippen LogP contribution in [0.3, 0.4) is 0 Å². The van der Waals surface area contributed by atoms with Gasteiger partial charge in [-0.3, -0.25) is 4.79 Å². The van der Waals surface area contributed by atoms with Gasteiger partial charge in [0.25, 0.3) is 5.91 Å². The highest BCUT2D eigenvalue weighted by molar-refractivity contribution is 5.94. The highest BCUT2D eigenvalue weighted by Crippen LogP contribution is 2.10. The number of nitrogens with one attached hydrogen (secondary N) is 1. The molecule has 0 radical (unpaired) electrons. The Balaban J connectivity index is 1.56. The Morgan fingerprint density at radius 2 is 2.00 bits per heavy atom. The molecule has 2 aromatic rings. The molecule has 0 spiro atoms. The third kappa shape index (κ3) is 3.55. The lowest BCUT2D eigenvalue weighted by Gasteiger charge is -2.30. The zero-order valence-corrected chi connectivity index (χ0v) is 12.7. The van der Waals surface area contributed by atoms with Crippen LogP contribution in [0.5, 0.6) is 0 Å². The van der Waals surface area contributed by atoms with Crippen molar-refractivity contribution in [2.75, 3.05) is 33.3 Å². The SMILES string of the molecule is CN1CCOC(CNC(=O)c2ccc(-n3cccc3)cc2)C1. The van der Waals surface area contributed by atoms with Gasteiger partial charge in [-0.25, -0.2) is 0 Å². The van der Waals surface area contributed by atoms with Crippen LogP contribution in [-0.4, -0.2) is 54.8 Å². The highest BCUT2D eigenvalue weighted by Gasteiger charge is 2.18. The van der Waals surface area contributed by atoms with E-state index in [0.29, 0.717) is 12.1 Å². The van der Waals surface area contributed by atoms with Crippen molar-refractivity contribution < 1.29 is 9.53 Å². The Kier molecular flexibility index (Phi) is 4.56. The Morgan fingerprint density at radius 1 is 1.27 bits per heavy atom. The normalized spacial score (nSPS) is 19.0. The van der Waals surface area contributed by atoms with E-state index in [1.165, 1.54) is 0 Å².